The Morgan fingerprint density at radius 1 is 1.17 bits per heavy atom. The summed E-state index contributed by atoms with van der Waals surface area (Å²) in [5.41, 5.74) is 7.26. The van der Waals surface area contributed by atoms with Crippen molar-refractivity contribution in [1.29, 1.82) is 0 Å². The Kier molecular flexibility index (Phi) is 5.90. The predicted molar refractivity (Wildman–Crippen MR) is 95.4 cm³/mol. The number of aryl methyl sites for hydroxylation is 1. The number of benzene rings is 1. The first-order valence-electron chi connectivity index (χ1n) is 9.40. The first-order chi connectivity index (χ1) is 11.6. The number of hydrogen-bond acceptors (Lipinski definition) is 3. The molecule has 3 rings (SSSR count). The summed E-state index contributed by atoms with van der Waals surface area (Å²) in [5.74, 6) is 0.892. The monoisotopic (exact) mass is 330 g/mol. The molecule has 4 nitrogen and oxygen atoms in total. The van der Waals surface area contributed by atoms with Gasteiger partial charge in [0.25, 0.3) is 0 Å². The average molecular weight is 330 g/mol. The van der Waals surface area contributed by atoms with Crippen molar-refractivity contribution in [2.75, 3.05) is 13.1 Å². The molecule has 1 saturated heterocycles. The van der Waals surface area contributed by atoms with E-state index in [0.29, 0.717) is 12.8 Å². The van der Waals surface area contributed by atoms with Gasteiger partial charge in [-0.1, -0.05) is 30.3 Å². The minimum absolute atomic E-state index is 0.0652. The molecule has 132 valence electrons. The van der Waals surface area contributed by atoms with E-state index in [1.807, 2.05) is 4.90 Å². The van der Waals surface area contributed by atoms with E-state index in [1.165, 1.54) is 18.4 Å². The van der Waals surface area contributed by atoms with Gasteiger partial charge in [0, 0.05) is 25.0 Å². The molecule has 1 amide bonds. The number of carbonyl (C=O) groups is 1. The number of aliphatic hydroxyl groups is 1. The SMILES string of the molecule is N[C@@H]1C[C@H](C(=O)N2CCC(CCCc3ccccc3)CC2)C[C@H]1O. The van der Waals surface area contributed by atoms with Gasteiger partial charge in [-0.25, -0.2) is 0 Å². The number of nitrogens with two attached hydrogens (primary N) is 1. The number of carbonyl (C=O) groups excluding carboxylic acids is 1. The summed E-state index contributed by atoms with van der Waals surface area (Å²) in [7, 11) is 0. The van der Waals surface area contributed by atoms with Gasteiger partial charge >= 0.3 is 0 Å². The molecule has 2 aliphatic rings. The number of amides is 1. The number of piperidine rings is 1. The maximum absolute atomic E-state index is 12.6. The second-order valence-corrected chi connectivity index (χ2v) is 7.55. The summed E-state index contributed by atoms with van der Waals surface area (Å²) in [5, 5.41) is 9.75. The van der Waals surface area contributed by atoms with Gasteiger partial charge in [-0.2, -0.15) is 0 Å². The summed E-state index contributed by atoms with van der Waals surface area (Å²) in [6.07, 6.45) is 6.53. The van der Waals surface area contributed by atoms with Crippen LogP contribution in [0, 0.1) is 11.8 Å². The molecule has 0 aromatic heterocycles. The van der Waals surface area contributed by atoms with E-state index in [0.717, 1.165) is 38.3 Å². The minimum Gasteiger partial charge on any atom is -0.391 e. The van der Waals surface area contributed by atoms with Crippen LogP contribution in [-0.4, -0.2) is 41.1 Å². The highest BCUT2D eigenvalue weighted by molar-refractivity contribution is 5.79. The van der Waals surface area contributed by atoms with E-state index in [2.05, 4.69) is 30.3 Å². The molecule has 0 radical (unpaired) electrons. The Morgan fingerprint density at radius 3 is 2.50 bits per heavy atom. The molecule has 3 N–H and O–H groups in total. The molecule has 1 aromatic carbocycles. The maximum atomic E-state index is 12.6. The summed E-state index contributed by atoms with van der Waals surface area (Å²) >= 11 is 0. The topological polar surface area (TPSA) is 66.6 Å². The van der Waals surface area contributed by atoms with Crippen molar-refractivity contribution in [3.8, 4) is 0 Å². The van der Waals surface area contributed by atoms with Crippen molar-refractivity contribution < 1.29 is 9.90 Å². The zero-order valence-corrected chi connectivity index (χ0v) is 14.4. The molecular formula is C20H30N2O2. The lowest BCUT2D eigenvalue weighted by molar-refractivity contribution is -0.137. The third-order valence-electron chi connectivity index (χ3n) is 5.77. The lowest BCUT2D eigenvalue weighted by Gasteiger charge is -2.33. The van der Waals surface area contributed by atoms with Crippen LogP contribution in [-0.2, 0) is 11.2 Å². The lowest BCUT2D eigenvalue weighted by atomic mass is 9.90. The molecular weight excluding hydrogens is 300 g/mol. The van der Waals surface area contributed by atoms with Gasteiger partial charge in [-0.15, -0.1) is 0 Å². The number of nitrogens with zero attached hydrogens (tertiary/aromatic N) is 1. The van der Waals surface area contributed by atoms with Crippen LogP contribution in [0.1, 0.15) is 44.1 Å². The molecule has 1 aliphatic carbocycles. The van der Waals surface area contributed by atoms with Crippen molar-refractivity contribution in [3.05, 3.63) is 35.9 Å². The van der Waals surface area contributed by atoms with Crippen molar-refractivity contribution in [2.45, 2.75) is 57.1 Å². The first-order valence-corrected chi connectivity index (χ1v) is 9.40. The van der Waals surface area contributed by atoms with Gasteiger partial charge in [-0.3, -0.25) is 4.79 Å². The fraction of sp³-hybridized carbons (Fsp3) is 0.650. The third kappa shape index (κ3) is 4.37. The van der Waals surface area contributed by atoms with E-state index in [9.17, 15) is 9.90 Å². The summed E-state index contributed by atoms with van der Waals surface area (Å²) < 4.78 is 0. The van der Waals surface area contributed by atoms with E-state index in [4.69, 9.17) is 5.73 Å². The molecule has 0 unspecified atom stereocenters. The van der Waals surface area contributed by atoms with Crippen LogP contribution in [0.15, 0.2) is 30.3 Å². The molecule has 3 atom stereocenters. The largest absolute Gasteiger partial charge is 0.391 e. The molecule has 4 heteroatoms. The van der Waals surface area contributed by atoms with Gasteiger partial charge in [0.15, 0.2) is 0 Å². The standard InChI is InChI=1S/C20H30N2O2/c21-18-13-17(14-19(18)23)20(24)22-11-9-16(10-12-22)8-4-7-15-5-2-1-3-6-15/h1-3,5-6,16-19,23H,4,7-14,21H2/t17-,18+,19+/m0/s1. The summed E-state index contributed by atoms with van der Waals surface area (Å²) in [6, 6.07) is 10.4. The summed E-state index contributed by atoms with van der Waals surface area (Å²) in [6.45, 7) is 1.74. The smallest absolute Gasteiger partial charge is 0.225 e. The fourth-order valence-corrected chi connectivity index (χ4v) is 4.19. The minimum atomic E-state index is -0.505. The highest BCUT2D eigenvalue weighted by atomic mass is 16.3. The van der Waals surface area contributed by atoms with Crippen molar-refractivity contribution in [3.63, 3.8) is 0 Å². The fourth-order valence-electron chi connectivity index (χ4n) is 4.19. The van der Waals surface area contributed by atoms with Crippen LogP contribution in [0.25, 0.3) is 0 Å². The highest BCUT2D eigenvalue weighted by Gasteiger charge is 2.37. The molecule has 24 heavy (non-hydrogen) atoms. The van der Waals surface area contributed by atoms with E-state index >= 15 is 0 Å². The van der Waals surface area contributed by atoms with E-state index in [-0.39, 0.29) is 17.9 Å². The van der Waals surface area contributed by atoms with Crippen molar-refractivity contribution >= 4 is 5.91 Å². The van der Waals surface area contributed by atoms with Crippen LogP contribution in [0.5, 0.6) is 0 Å². The Morgan fingerprint density at radius 2 is 1.88 bits per heavy atom. The first kappa shape index (κ1) is 17.4. The maximum Gasteiger partial charge on any atom is 0.225 e. The number of rotatable bonds is 5. The number of likely N-dealkylation sites (tertiary alicyclic amines) is 1. The van der Waals surface area contributed by atoms with Crippen LogP contribution in [0.4, 0.5) is 0 Å². The third-order valence-corrected chi connectivity index (χ3v) is 5.77. The van der Waals surface area contributed by atoms with Crippen LogP contribution < -0.4 is 5.73 Å². The van der Waals surface area contributed by atoms with Crippen molar-refractivity contribution in [2.24, 2.45) is 17.6 Å². The van der Waals surface area contributed by atoms with E-state index < -0.39 is 6.10 Å². The molecule has 1 heterocycles. The highest BCUT2D eigenvalue weighted by Crippen LogP contribution is 2.29. The predicted octanol–water partition coefficient (Wildman–Crippen LogP) is 2.35. The molecule has 2 fully saturated rings. The molecule has 1 aliphatic heterocycles. The van der Waals surface area contributed by atoms with Gasteiger partial charge in [0.1, 0.15) is 0 Å². The quantitative estimate of drug-likeness (QED) is 0.871. The lowest BCUT2D eigenvalue weighted by Crippen LogP contribution is -2.41. The van der Waals surface area contributed by atoms with Gasteiger partial charge in [-0.05, 0) is 56.4 Å². The zero-order chi connectivity index (χ0) is 16.9. The van der Waals surface area contributed by atoms with Gasteiger partial charge < -0.3 is 15.7 Å². The van der Waals surface area contributed by atoms with Crippen LogP contribution in [0.2, 0.25) is 0 Å². The zero-order valence-electron chi connectivity index (χ0n) is 14.4. The molecule has 1 saturated carbocycles. The van der Waals surface area contributed by atoms with Gasteiger partial charge in [0.2, 0.25) is 5.91 Å². The Labute approximate surface area is 145 Å². The number of aliphatic hydroxyl groups excluding tert-OH is 1. The van der Waals surface area contributed by atoms with Crippen LogP contribution >= 0.6 is 0 Å². The van der Waals surface area contributed by atoms with Crippen molar-refractivity contribution in [1.82, 2.24) is 4.90 Å². The Balaban J connectivity index is 1.37. The molecule has 1 aromatic rings. The molecule has 0 spiro atoms. The molecule has 0 bridgehead atoms. The number of hydrogen-bond donors (Lipinski definition) is 2. The van der Waals surface area contributed by atoms with Gasteiger partial charge in [0.05, 0.1) is 6.10 Å². The van der Waals surface area contributed by atoms with E-state index in [1.54, 1.807) is 0 Å². The average Bonchev–Trinajstić information content (AvgIpc) is 2.95. The Hall–Kier alpha value is -1.39. The Bertz CT molecular complexity index is 516. The summed E-state index contributed by atoms with van der Waals surface area (Å²) in [4.78, 5) is 14.6. The second-order valence-electron chi connectivity index (χ2n) is 7.55. The second kappa shape index (κ2) is 8.13. The normalized spacial score (nSPS) is 28.2. The van der Waals surface area contributed by atoms with Crippen LogP contribution in [0.3, 0.4) is 0 Å².